The topological polar surface area (TPSA) is 58.0 Å². The number of piperidine rings is 2. The van der Waals surface area contributed by atoms with E-state index in [0.717, 1.165) is 49.4 Å². The van der Waals surface area contributed by atoms with E-state index in [4.69, 9.17) is 0 Å². The van der Waals surface area contributed by atoms with Gasteiger partial charge in [0.15, 0.2) is 0 Å². The largest absolute Gasteiger partial charge is 0.344 e. The monoisotopic (exact) mass is 430 g/mol. The molecular formula is C26H34N6. The Hall–Kier alpha value is -2.70. The summed E-state index contributed by atoms with van der Waals surface area (Å²) >= 11 is 0. The predicted octanol–water partition coefficient (Wildman–Crippen LogP) is 4.55. The minimum atomic E-state index is 0.507. The lowest BCUT2D eigenvalue weighted by Gasteiger charge is -2.26. The lowest BCUT2D eigenvalue weighted by molar-refractivity contribution is 0.216. The van der Waals surface area contributed by atoms with Crippen LogP contribution in [0.5, 0.6) is 0 Å². The van der Waals surface area contributed by atoms with Gasteiger partial charge in [-0.3, -0.25) is 9.58 Å². The quantitative estimate of drug-likeness (QED) is 0.601. The molecule has 5 rings (SSSR count). The van der Waals surface area contributed by atoms with E-state index in [1.807, 2.05) is 17.1 Å². The number of allylic oxidation sites excluding steroid dienone is 1. The minimum Gasteiger partial charge on any atom is -0.344 e. The Bertz CT molecular complexity index is 1090. The molecule has 0 amide bonds. The van der Waals surface area contributed by atoms with Gasteiger partial charge in [-0.1, -0.05) is 25.1 Å². The predicted molar refractivity (Wildman–Crippen MR) is 131 cm³/mol. The van der Waals surface area contributed by atoms with Crippen LogP contribution in [0, 0.1) is 5.92 Å². The SMILES string of the molecule is C=C(Nc1cc2cc(-c3cnn(C)c3CN3CCCCC3)ccc2cn1)C1CCNCC1. The van der Waals surface area contributed by atoms with Gasteiger partial charge in [-0.05, 0) is 74.9 Å². The van der Waals surface area contributed by atoms with Gasteiger partial charge in [-0.2, -0.15) is 5.10 Å². The molecule has 2 N–H and O–H groups in total. The van der Waals surface area contributed by atoms with E-state index >= 15 is 0 Å². The molecule has 0 unspecified atom stereocenters. The molecule has 0 bridgehead atoms. The highest BCUT2D eigenvalue weighted by atomic mass is 15.3. The van der Waals surface area contributed by atoms with Gasteiger partial charge in [-0.25, -0.2) is 4.98 Å². The molecule has 1 aromatic carbocycles. The number of likely N-dealkylation sites (tertiary alicyclic amines) is 1. The van der Waals surface area contributed by atoms with Crippen molar-refractivity contribution in [2.45, 2.75) is 38.6 Å². The minimum absolute atomic E-state index is 0.507. The fourth-order valence-electron chi connectivity index (χ4n) is 5.03. The van der Waals surface area contributed by atoms with Crippen LogP contribution in [0.15, 0.2) is 48.9 Å². The van der Waals surface area contributed by atoms with E-state index in [0.29, 0.717) is 5.92 Å². The second-order valence-electron chi connectivity index (χ2n) is 9.27. The number of benzene rings is 1. The molecule has 0 aliphatic carbocycles. The number of hydrogen-bond donors (Lipinski definition) is 2. The molecule has 32 heavy (non-hydrogen) atoms. The number of rotatable bonds is 6. The van der Waals surface area contributed by atoms with E-state index in [1.54, 1.807) is 0 Å². The van der Waals surface area contributed by atoms with E-state index in [-0.39, 0.29) is 0 Å². The van der Waals surface area contributed by atoms with Gasteiger partial charge in [-0.15, -0.1) is 0 Å². The molecule has 0 atom stereocenters. The molecule has 2 aromatic heterocycles. The Morgan fingerprint density at radius 2 is 1.91 bits per heavy atom. The van der Waals surface area contributed by atoms with Crippen LogP contribution in [-0.2, 0) is 13.6 Å². The van der Waals surface area contributed by atoms with Crippen molar-refractivity contribution in [1.82, 2.24) is 25.0 Å². The Balaban J connectivity index is 1.39. The number of pyridine rings is 1. The van der Waals surface area contributed by atoms with Crippen LogP contribution in [0.1, 0.15) is 37.8 Å². The zero-order valence-electron chi connectivity index (χ0n) is 19.1. The molecule has 6 nitrogen and oxygen atoms in total. The molecule has 2 saturated heterocycles. The van der Waals surface area contributed by atoms with E-state index in [1.165, 1.54) is 54.6 Å². The van der Waals surface area contributed by atoms with Crippen LogP contribution in [0.25, 0.3) is 21.9 Å². The van der Waals surface area contributed by atoms with Gasteiger partial charge in [0.1, 0.15) is 5.82 Å². The number of anilines is 1. The molecule has 4 heterocycles. The summed E-state index contributed by atoms with van der Waals surface area (Å²) in [6.07, 6.45) is 10.2. The fourth-order valence-corrected chi connectivity index (χ4v) is 5.03. The Kier molecular flexibility index (Phi) is 6.23. The molecule has 6 heteroatoms. The zero-order valence-corrected chi connectivity index (χ0v) is 19.1. The number of nitrogens with one attached hydrogen (secondary N) is 2. The normalized spacial score (nSPS) is 18.2. The number of fused-ring (bicyclic) bond motifs is 1. The van der Waals surface area contributed by atoms with Crippen molar-refractivity contribution < 1.29 is 0 Å². The molecule has 2 aliphatic heterocycles. The highest BCUT2D eigenvalue weighted by molar-refractivity contribution is 5.88. The van der Waals surface area contributed by atoms with Gasteiger partial charge in [0.2, 0.25) is 0 Å². The maximum Gasteiger partial charge on any atom is 0.130 e. The smallest absolute Gasteiger partial charge is 0.130 e. The van der Waals surface area contributed by atoms with Crippen LogP contribution < -0.4 is 10.6 Å². The van der Waals surface area contributed by atoms with Crippen LogP contribution in [0.2, 0.25) is 0 Å². The summed E-state index contributed by atoms with van der Waals surface area (Å²) in [5, 5.41) is 13.8. The van der Waals surface area contributed by atoms with Crippen molar-refractivity contribution in [3.8, 4) is 11.1 Å². The third kappa shape index (κ3) is 4.57. The molecule has 3 aromatic rings. The standard InChI is InChI=1S/C26H34N6/c1-19(20-8-10-27-11-9-20)30-26-15-23-14-21(6-7-22(23)16-28-26)24-17-29-31(2)25(24)18-32-12-4-3-5-13-32/h6-7,14-17,20,27H,1,3-5,8-13,18H2,2H3,(H,28,30). The summed E-state index contributed by atoms with van der Waals surface area (Å²) in [4.78, 5) is 7.19. The van der Waals surface area contributed by atoms with Gasteiger partial charge >= 0.3 is 0 Å². The van der Waals surface area contributed by atoms with Gasteiger partial charge in [0.25, 0.3) is 0 Å². The molecule has 2 fully saturated rings. The summed E-state index contributed by atoms with van der Waals surface area (Å²) in [7, 11) is 2.06. The first-order chi connectivity index (χ1) is 15.7. The van der Waals surface area contributed by atoms with Crippen LogP contribution in [0.4, 0.5) is 5.82 Å². The number of aromatic nitrogens is 3. The van der Waals surface area contributed by atoms with E-state index in [9.17, 15) is 0 Å². The lowest BCUT2D eigenvalue weighted by Crippen LogP contribution is -2.30. The van der Waals surface area contributed by atoms with E-state index < -0.39 is 0 Å². The molecular weight excluding hydrogens is 396 g/mol. The van der Waals surface area contributed by atoms with Crippen molar-refractivity contribution >= 4 is 16.6 Å². The van der Waals surface area contributed by atoms with Crippen molar-refractivity contribution in [2.75, 3.05) is 31.5 Å². The fraction of sp³-hybridized carbons (Fsp3) is 0.462. The molecule has 0 spiro atoms. The second-order valence-corrected chi connectivity index (χ2v) is 9.27. The molecule has 168 valence electrons. The van der Waals surface area contributed by atoms with Gasteiger partial charge < -0.3 is 10.6 Å². The average molecular weight is 431 g/mol. The number of hydrogen-bond acceptors (Lipinski definition) is 5. The van der Waals surface area contributed by atoms with Crippen molar-refractivity contribution in [2.24, 2.45) is 13.0 Å². The molecule has 0 saturated carbocycles. The summed E-state index contributed by atoms with van der Waals surface area (Å²) < 4.78 is 2.04. The third-order valence-corrected chi connectivity index (χ3v) is 7.04. The Morgan fingerprint density at radius 3 is 2.72 bits per heavy atom. The van der Waals surface area contributed by atoms with Gasteiger partial charge in [0.05, 0.1) is 11.9 Å². The van der Waals surface area contributed by atoms with Crippen molar-refractivity contribution in [3.05, 3.63) is 54.6 Å². The van der Waals surface area contributed by atoms with E-state index in [2.05, 4.69) is 63.5 Å². The number of aryl methyl sites for hydroxylation is 1. The average Bonchev–Trinajstić information content (AvgIpc) is 3.19. The maximum absolute atomic E-state index is 4.63. The number of nitrogens with zero attached hydrogens (tertiary/aromatic N) is 4. The summed E-state index contributed by atoms with van der Waals surface area (Å²) in [5.41, 5.74) is 4.81. The molecule has 2 aliphatic rings. The Morgan fingerprint density at radius 1 is 1.09 bits per heavy atom. The summed E-state index contributed by atoms with van der Waals surface area (Å²) in [6, 6.07) is 8.78. The first-order valence-corrected chi connectivity index (χ1v) is 12.0. The van der Waals surface area contributed by atoms with Crippen LogP contribution in [-0.4, -0.2) is 45.8 Å². The van der Waals surface area contributed by atoms with Crippen molar-refractivity contribution in [1.29, 1.82) is 0 Å². The summed E-state index contributed by atoms with van der Waals surface area (Å²) in [6.45, 7) is 9.75. The maximum atomic E-state index is 4.63. The first-order valence-electron chi connectivity index (χ1n) is 12.0. The van der Waals surface area contributed by atoms with Crippen molar-refractivity contribution in [3.63, 3.8) is 0 Å². The zero-order chi connectivity index (χ0) is 21.9. The second kappa shape index (κ2) is 9.43. The summed E-state index contributed by atoms with van der Waals surface area (Å²) in [5.74, 6) is 1.38. The lowest BCUT2D eigenvalue weighted by atomic mass is 9.95. The van der Waals surface area contributed by atoms with Crippen LogP contribution >= 0.6 is 0 Å². The molecule has 0 radical (unpaired) electrons. The highest BCUT2D eigenvalue weighted by Gasteiger charge is 2.18. The Labute approximate surface area is 190 Å². The highest BCUT2D eigenvalue weighted by Crippen LogP contribution is 2.30. The first kappa shape index (κ1) is 21.2. The van der Waals surface area contributed by atoms with Gasteiger partial charge in [0, 0.05) is 42.4 Å². The van der Waals surface area contributed by atoms with Crippen LogP contribution in [0.3, 0.4) is 0 Å². The third-order valence-electron chi connectivity index (χ3n) is 7.04.